The number of hydrogen-bond acceptors (Lipinski definition) is 4. The van der Waals surface area contributed by atoms with Crippen LogP contribution in [0.3, 0.4) is 0 Å². The lowest BCUT2D eigenvalue weighted by atomic mass is 10.2. The molecule has 1 aromatic rings. The Kier molecular flexibility index (Phi) is 3.92. The highest BCUT2D eigenvalue weighted by Gasteiger charge is 2.30. The van der Waals surface area contributed by atoms with Crippen molar-refractivity contribution < 1.29 is 13.9 Å². The van der Waals surface area contributed by atoms with Crippen molar-refractivity contribution >= 4 is 12.2 Å². The third-order valence-electron chi connectivity index (χ3n) is 2.90. The molecule has 1 saturated heterocycles. The molecule has 0 saturated carbocycles. The normalized spacial score (nSPS) is 19.4. The van der Waals surface area contributed by atoms with Gasteiger partial charge in [-0.25, -0.2) is 9.18 Å². The lowest BCUT2D eigenvalue weighted by Gasteiger charge is -2.18. The van der Waals surface area contributed by atoms with Crippen LogP contribution in [0.25, 0.3) is 0 Å². The summed E-state index contributed by atoms with van der Waals surface area (Å²) in [6.07, 6.45) is 3.21. The van der Waals surface area contributed by atoms with Gasteiger partial charge in [0.15, 0.2) is 0 Å². The molecule has 0 spiro atoms. The average Bonchev–Trinajstić information content (AvgIpc) is 2.84. The summed E-state index contributed by atoms with van der Waals surface area (Å²) >= 11 is 0. The monoisotopic (exact) mass is 250 g/mol. The van der Waals surface area contributed by atoms with Crippen LogP contribution in [-0.2, 0) is 9.53 Å². The van der Waals surface area contributed by atoms with Gasteiger partial charge in [-0.1, -0.05) is 12.1 Å². The number of rotatable bonds is 3. The van der Waals surface area contributed by atoms with Crippen molar-refractivity contribution in [2.24, 2.45) is 5.10 Å². The SMILES string of the molecule is COC(=O)[C@@H]1CCCN1N=Cc1cccc(F)c1. The van der Waals surface area contributed by atoms with E-state index in [0.29, 0.717) is 12.1 Å². The first kappa shape index (κ1) is 12.5. The maximum atomic E-state index is 13.0. The molecular weight excluding hydrogens is 235 g/mol. The van der Waals surface area contributed by atoms with Crippen molar-refractivity contribution in [3.8, 4) is 0 Å². The molecule has 1 heterocycles. The molecule has 0 amide bonds. The van der Waals surface area contributed by atoms with Crippen LogP contribution in [0.2, 0.25) is 0 Å². The molecule has 4 nitrogen and oxygen atoms in total. The molecule has 0 radical (unpaired) electrons. The molecule has 1 aromatic carbocycles. The lowest BCUT2D eigenvalue weighted by Crippen LogP contribution is -2.33. The second-order valence-corrected chi connectivity index (χ2v) is 4.14. The van der Waals surface area contributed by atoms with E-state index in [1.54, 1.807) is 23.4 Å². The molecule has 0 unspecified atom stereocenters. The minimum absolute atomic E-state index is 0.274. The summed E-state index contributed by atoms with van der Waals surface area (Å²) < 4.78 is 17.7. The quantitative estimate of drug-likeness (QED) is 0.606. The largest absolute Gasteiger partial charge is 0.467 e. The molecule has 18 heavy (non-hydrogen) atoms. The molecule has 1 fully saturated rings. The van der Waals surface area contributed by atoms with E-state index in [1.165, 1.54) is 19.2 Å². The molecule has 1 aliphatic heterocycles. The van der Waals surface area contributed by atoms with Crippen LogP contribution in [-0.4, -0.2) is 36.9 Å². The summed E-state index contributed by atoms with van der Waals surface area (Å²) in [6.45, 7) is 0.714. The number of ether oxygens (including phenoxy) is 1. The van der Waals surface area contributed by atoms with Gasteiger partial charge in [0, 0.05) is 6.54 Å². The fourth-order valence-corrected chi connectivity index (χ4v) is 1.99. The van der Waals surface area contributed by atoms with Crippen LogP contribution in [0.15, 0.2) is 29.4 Å². The van der Waals surface area contributed by atoms with Gasteiger partial charge < -0.3 is 4.74 Å². The van der Waals surface area contributed by atoms with Crippen molar-refractivity contribution in [2.75, 3.05) is 13.7 Å². The number of benzene rings is 1. The van der Waals surface area contributed by atoms with E-state index in [9.17, 15) is 9.18 Å². The number of nitrogens with zero attached hydrogens (tertiary/aromatic N) is 2. The van der Waals surface area contributed by atoms with Crippen molar-refractivity contribution in [3.63, 3.8) is 0 Å². The van der Waals surface area contributed by atoms with E-state index in [1.807, 2.05) is 0 Å². The Morgan fingerprint density at radius 1 is 1.61 bits per heavy atom. The summed E-state index contributed by atoms with van der Waals surface area (Å²) in [5.41, 5.74) is 0.672. The summed E-state index contributed by atoms with van der Waals surface area (Å²) in [4.78, 5) is 11.5. The topological polar surface area (TPSA) is 41.9 Å². The molecular formula is C13H15FN2O2. The van der Waals surface area contributed by atoms with E-state index in [2.05, 4.69) is 5.10 Å². The van der Waals surface area contributed by atoms with Gasteiger partial charge in [0.25, 0.3) is 0 Å². The van der Waals surface area contributed by atoms with Gasteiger partial charge in [-0.15, -0.1) is 0 Å². The first-order valence-corrected chi connectivity index (χ1v) is 5.85. The number of carbonyl (C=O) groups excluding carboxylic acids is 1. The van der Waals surface area contributed by atoms with Gasteiger partial charge in [0.2, 0.25) is 0 Å². The Morgan fingerprint density at radius 2 is 2.44 bits per heavy atom. The van der Waals surface area contributed by atoms with Gasteiger partial charge in [-0.05, 0) is 30.5 Å². The molecule has 0 aromatic heterocycles. The van der Waals surface area contributed by atoms with E-state index >= 15 is 0 Å². The molecule has 0 bridgehead atoms. The number of hydrazone groups is 1. The van der Waals surface area contributed by atoms with Crippen LogP contribution >= 0.6 is 0 Å². The molecule has 5 heteroatoms. The predicted molar refractivity (Wildman–Crippen MR) is 65.7 cm³/mol. The Balaban J connectivity index is 2.06. The van der Waals surface area contributed by atoms with Gasteiger partial charge >= 0.3 is 5.97 Å². The van der Waals surface area contributed by atoms with Crippen LogP contribution in [0, 0.1) is 5.82 Å². The second-order valence-electron chi connectivity index (χ2n) is 4.14. The van der Waals surface area contributed by atoms with E-state index in [-0.39, 0.29) is 17.8 Å². The molecule has 2 rings (SSSR count). The highest BCUT2D eigenvalue weighted by molar-refractivity contribution is 5.80. The Morgan fingerprint density at radius 3 is 3.17 bits per heavy atom. The van der Waals surface area contributed by atoms with E-state index in [4.69, 9.17) is 4.74 Å². The summed E-state index contributed by atoms with van der Waals surface area (Å²) in [5, 5.41) is 5.92. The van der Waals surface area contributed by atoms with Crippen molar-refractivity contribution in [2.45, 2.75) is 18.9 Å². The lowest BCUT2D eigenvalue weighted by molar-refractivity contribution is -0.145. The van der Waals surface area contributed by atoms with Gasteiger partial charge in [-0.2, -0.15) is 5.10 Å². The van der Waals surface area contributed by atoms with Gasteiger partial charge in [0.1, 0.15) is 11.9 Å². The first-order valence-electron chi connectivity index (χ1n) is 5.85. The van der Waals surface area contributed by atoms with Crippen LogP contribution in [0.1, 0.15) is 18.4 Å². The number of halogens is 1. The van der Waals surface area contributed by atoms with E-state index in [0.717, 1.165) is 12.8 Å². The zero-order chi connectivity index (χ0) is 13.0. The fraction of sp³-hybridized carbons (Fsp3) is 0.385. The number of carbonyl (C=O) groups is 1. The standard InChI is InChI=1S/C13H15FN2O2/c1-18-13(17)12-6-3-7-16(12)15-9-10-4-2-5-11(14)8-10/h2,4-5,8-9,12H,3,6-7H2,1H3/t12-/m0/s1. The third-order valence-corrected chi connectivity index (χ3v) is 2.90. The molecule has 0 aliphatic carbocycles. The maximum Gasteiger partial charge on any atom is 0.330 e. The van der Waals surface area contributed by atoms with Crippen molar-refractivity contribution in [1.29, 1.82) is 0 Å². The van der Waals surface area contributed by atoms with Gasteiger partial charge in [0.05, 0.1) is 13.3 Å². The molecule has 1 aliphatic rings. The first-order chi connectivity index (χ1) is 8.70. The second kappa shape index (κ2) is 5.62. The highest BCUT2D eigenvalue weighted by atomic mass is 19.1. The summed E-state index contributed by atoms with van der Waals surface area (Å²) in [5.74, 6) is -0.575. The number of hydrogen-bond donors (Lipinski definition) is 0. The van der Waals surface area contributed by atoms with Crippen LogP contribution < -0.4 is 0 Å². The Labute approximate surface area is 105 Å². The zero-order valence-corrected chi connectivity index (χ0v) is 10.2. The van der Waals surface area contributed by atoms with Gasteiger partial charge in [-0.3, -0.25) is 5.01 Å². The molecule has 1 atom stereocenters. The third kappa shape index (κ3) is 2.85. The molecule has 0 N–H and O–H groups in total. The van der Waals surface area contributed by atoms with Crippen LogP contribution in [0.4, 0.5) is 4.39 Å². The Hall–Kier alpha value is -1.91. The minimum atomic E-state index is -0.320. The highest BCUT2D eigenvalue weighted by Crippen LogP contribution is 2.18. The smallest absolute Gasteiger partial charge is 0.330 e. The Bertz CT molecular complexity index is 462. The minimum Gasteiger partial charge on any atom is -0.467 e. The summed E-state index contributed by atoms with van der Waals surface area (Å²) in [6, 6.07) is 5.84. The van der Waals surface area contributed by atoms with Crippen molar-refractivity contribution in [3.05, 3.63) is 35.6 Å². The van der Waals surface area contributed by atoms with E-state index < -0.39 is 0 Å². The predicted octanol–water partition coefficient (Wildman–Crippen LogP) is 1.80. The number of esters is 1. The maximum absolute atomic E-state index is 13.0. The number of methoxy groups -OCH3 is 1. The average molecular weight is 250 g/mol. The fourth-order valence-electron chi connectivity index (χ4n) is 1.99. The summed E-state index contributed by atoms with van der Waals surface area (Å²) in [7, 11) is 1.37. The molecule has 96 valence electrons. The van der Waals surface area contributed by atoms with Crippen LogP contribution in [0.5, 0.6) is 0 Å². The van der Waals surface area contributed by atoms with Crippen molar-refractivity contribution in [1.82, 2.24) is 5.01 Å². The zero-order valence-electron chi connectivity index (χ0n) is 10.2.